The van der Waals surface area contributed by atoms with Gasteiger partial charge in [0.05, 0.1) is 5.69 Å². The molecule has 1 N–H and O–H groups in total. The summed E-state index contributed by atoms with van der Waals surface area (Å²) in [6.45, 7) is 4.49. The molecule has 1 aliphatic rings. The number of hydrogen-bond acceptors (Lipinski definition) is 4. The van der Waals surface area contributed by atoms with Crippen LogP contribution in [0, 0.1) is 0 Å². The van der Waals surface area contributed by atoms with Gasteiger partial charge in [0.25, 0.3) is 0 Å². The highest BCUT2D eigenvalue weighted by Crippen LogP contribution is 2.32. The van der Waals surface area contributed by atoms with Crippen molar-refractivity contribution in [3.63, 3.8) is 0 Å². The largest absolute Gasteiger partial charge is 0.385 e. The molecule has 1 atom stereocenters. The molecule has 5 rings (SSSR count). The zero-order chi connectivity index (χ0) is 20.4. The third-order valence-electron chi connectivity index (χ3n) is 5.19. The van der Waals surface area contributed by atoms with Crippen LogP contribution in [0.25, 0.3) is 16.7 Å². The first-order chi connectivity index (χ1) is 13.9. The Hall–Kier alpha value is -3.31. The maximum Gasteiger partial charge on any atom is 0.164 e. The van der Waals surface area contributed by atoms with Gasteiger partial charge >= 0.3 is 0 Å². The van der Waals surface area contributed by atoms with E-state index in [0.29, 0.717) is 6.42 Å². The lowest BCUT2D eigenvalue weighted by Gasteiger charge is -2.26. The van der Waals surface area contributed by atoms with E-state index >= 15 is 0 Å². The smallest absolute Gasteiger partial charge is 0.164 e. The Balaban J connectivity index is 0.000000359. The lowest BCUT2D eigenvalue weighted by molar-refractivity contribution is -0.112. The summed E-state index contributed by atoms with van der Waals surface area (Å²) < 4.78 is 0. The molecule has 3 aromatic carbocycles. The third kappa shape index (κ3) is 4.10. The monoisotopic (exact) mass is 385 g/mol. The van der Waals surface area contributed by atoms with Crippen LogP contribution in [0.3, 0.4) is 0 Å². The second kappa shape index (κ2) is 7.60. The van der Waals surface area contributed by atoms with Crippen molar-refractivity contribution >= 4 is 16.8 Å². The molecule has 4 aromatic rings. The van der Waals surface area contributed by atoms with E-state index in [9.17, 15) is 4.79 Å². The lowest BCUT2D eigenvalue weighted by Crippen LogP contribution is -2.19. The van der Waals surface area contributed by atoms with Crippen LogP contribution in [-0.2, 0) is 10.2 Å². The highest BCUT2D eigenvalue weighted by molar-refractivity contribution is 5.98. The van der Waals surface area contributed by atoms with Gasteiger partial charge in [0.2, 0.25) is 0 Å². The Kier molecular flexibility index (Phi) is 4.99. The molecule has 1 heterocycles. The molecular formula is C24H23N3O2. The fourth-order valence-corrected chi connectivity index (χ4v) is 3.15. The van der Waals surface area contributed by atoms with E-state index < -0.39 is 6.10 Å². The molecule has 1 saturated carbocycles. The van der Waals surface area contributed by atoms with Crippen molar-refractivity contribution < 1.29 is 9.90 Å². The molecule has 1 aliphatic carbocycles. The Morgan fingerprint density at radius 3 is 1.93 bits per heavy atom. The molecule has 5 heteroatoms. The summed E-state index contributed by atoms with van der Waals surface area (Å²) in [5.74, 6) is -0.0231. The number of nitrogens with zero attached hydrogens (tertiary/aromatic N) is 3. The topological polar surface area (TPSA) is 68.0 Å². The normalized spacial score (nSPS) is 15.7. The molecule has 0 bridgehead atoms. The maximum atomic E-state index is 9.64. The number of carbonyl (C=O) groups is 1. The molecule has 0 radical (unpaired) electrons. The third-order valence-corrected chi connectivity index (χ3v) is 5.19. The highest BCUT2D eigenvalue weighted by Gasteiger charge is 2.31. The summed E-state index contributed by atoms with van der Waals surface area (Å²) in [7, 11) is 0. The number of aliphatic hydroxyl groups is 1. The zero-order valence-corrected chi connectivity index (χ0v) is 16.5. The second-order valence-corrected chi connectivity index (χ2v) is 7.71. The highest BCUT2D eigenvalue weighted by atomic mass is 16.3. The average molecular weight is 385 g/mol. The van der Waals surface area contributed by atoms with Crippen molar-refractivity contribution in [2.24, 2.45) is 0 Å². The van der Waals surface area contributed by atoms with Crippen molar-refractivity contribution in [1.82, 2.24) is 15.0 Å². The predicted molar refractivity (Wildman–Crippen MR) is 113 cm³/mol. The summed E-state index contributed by atoms with van der Waals surface area (Å²) in [6.07, 6.45) is -0.199. The van der Waals surface area contributed by atoms with E-state index in [-0.39, 0.29) is 11.2 Å². The van der Waals surface area contributed by atoms with E-state index in [1.807, 2.05) is 30.3 Å². The summed E-state index contributed by atoms with van der Waals surface area (Å²) >= 11 is 0. The molecular weight excluding hydrogens is 362 g/mol. The van der Waals surface area contributed by atoms with Crippen LogP contribution < -0.4 is 0 Å². The minimum absolute atomic E-state index is 0.0231. The standard InChI is InChI=1S/C21H19N3.C3H4O2/c1-21(2,16-9-4-3-5-10-16)17-11-8-12-18(15-17)24-22-19-13-6-7-14-20(19)23-24;4-2-1-3(2)5/h3-15H,1-2H3;2,4H,1H2. The van der Waals surface area contributed by atoms with Gasteiger partial charge in [-0.15, -0.1) is 10.2 Å². The SMILES string of the molecule is CC(C)(c1ccccc1)c1cccc(-n2nc3ccccc3n2)c1.O=C1CC1O. The quantitative estimate of drug-likeness (QED) is 0.577. The van der Waals surface area contributed by atoms with Crippen molar-refractivity contribution in [2.75, 3.05) is 0 Å². The first-order valence-corrected chi connectivity index (χ1v) is 9.64. The molecule has 29 heavy (non-hydrogen) atoms. The van der Waals surface area contributed by atoms with Gasteiger partial charge in [0, 0.05) is 11.8 Å². The number of hydrogen-bond donors (Lipinski definition) is 1. The van der Waals surface area contributed by atoms with Crippen molar-refractivity contribution in [1.29, 1.82) is 0 Å². The lowest BCUT2D eigenvalue weighted by atomic mass is 9.78. The van der Waals surface area contributed by atoms with Crippen LogP contribution in [0.2, 0.25) is 0 Å². The molecule has 146 valence electrons. The number of ketones is 1. The van der Waals surface area contributed by atoms with Crippen molar-refractivity contribution in [2.45, 2.75) is 31.8 Å². The molecule has 0 spiro atoms. The zero-order valence-electron chi connectivity index (χ0n) is 16.5. The summed E-state index contributed by atoms with van der Waals surface area (Å²) in [4.78, 5) is 11.4. The van der Waals surface area contributed by atoms with Gasteiger partial charge in [0.15, 0.2) is 5.78 Å². The molecule has 1 fully saturated rings. The van der Waals surface area contributed by atoms with E-state index in [4.69, 9.17) is 5.11 Å². The fourth-order valence-electron chi connectivity index (χ4n) is 3.15. The molecule has 0 amide bonds. The van der Waals surface area contributed by atoms with Gasteiger partial charge in [-0.25, -0.2) is 0 Å². The summed E-state index contributed by atoms with van der Waals surface area (Å²) in [5.41, 5.74) is 5.25. The van der Waals surface area contributed by atoms with E-state index in [1.165, 1.54) is 11.1 Å². The van der Waals surface area contributed by atoms with Crippen LogP contribution >= 0.6 is 0 Å². The average Bonchev–Trinajstić information content (AvgIpc) is 3.23. The molecule has 0 aliphatic heterocycles. The maximum absolute atomic E-state index is 9.64. The van der Waals surface area contributed by atoms with Crippen LogP contribution in [-0.4, -0.2) is 32.0 Å². The van der Waals surface area contributed by atoms with Gasteiger partial charge in [0.1, 0.15) is 17.1 Å². The fraction of sp³-hybridized carbons (Fsp3) is 0.208. The Labute approximate surface area is 169 Å². The Bertz CT molecular complexity index is 1120. The Morgan fingerprint density at radius 1 is 0.862 bits per heavy atom. The summed E-state index contributed by atoms with van der Waals surface area (Å²) in [5, 5.41) is 17.3. The molecule has 1 unspecified atom stereocenters. The minimum Gasteiger partial charge on any atom is -0.385 e. The first kappa shape index (κ1) is 19.0. The number of carbonyl (C=O) groups excluding carboxylic acids is 1. The van der Waals surface area contributed by atoms with Crippen LogP contribution in [0.15, 0.2) is 78.9 Å². The first-order valence-electron chi connectivity index (χ1n) is 9.64. The van der Waals surface area contributed by atoms with Gasteiger partial charge in [-0.3, -0.25) is 4.79 Å². The summed E-state index contributed by atoms with van der Waals surface area (Å²) in [6, 6.07) is 27.0. The van der Waals surface area contributed by atoms with Crippen LogP contribution in [0.5, 0.6) is 0 Å². The number of rotatable bonds is 3. The van der Waals surface area contributed by atoms with E-state index in [2.05, 4.69) is 72.6 Å². The van der Waals surface area contributed by atoms with Gasteiger partial charge in [-0.1, -0.05) is 68.4 Å². The van der Waals surface area contributed by atoms with Gasteiger partial charge in [-0.2, -0.15) is 4.80 Å². The number of Topliss-reactive ketones (excluding diaryl/α,β-unsaturated/α-hetero) is 1. The van der Waals surface area contributed by atoms with Gasteiger partial charge in [-0.05, 0) is 35.4 Å². The number of aromatic nitrogens is 3. The molecule has 0 saturated heterocycles. The Morgan fingerprint density at radius 2 is 1.38 bits per heavy atom. The van der Waals surface area contributed by atoms with Crippen LogP contribution in [0.4, 0.5) is 0 Å². The number of fused-ring (bicyclic) bond motifs is 1. The van der Waals surface area contributed by atoms with Gasteiger partial charge < -0.3 is 5.11 Å². The number of aliphatic hydroxyl groups excluding tert-OH is 1. The van der Waals surface area contributed by atoms with Crippen LogP contribution in [0.1, 0.15) is 31.4 Å². The molecule has 1 aromatic heterocycles. The second-order valence-electron chi connectivity index (χ2n) is 7.71. The molecule has 5 nitrogen and oxygen atoms in total. The van der Waals surface area contributed by atoms with Crippen molar-refractivity contribution in [3.05, 3.63) is 90.0 Å². The van der Waals surface area contributed by atoms with Crippen molar-refractivity contribution in [3.8, 4) is 5.69 Å². The minimum atomic E-state index is -0.588. The van der Waals surface area contributed by atoms with E-state index in [1.54, 1.807) is 4.80 Å². The number of benzene rings is 3. The predicted octanol–water partition coefficient (Wildman–Crippen LogP) is 4.07. The van der Waals surface area contributed by atoms with E-state index in [0.717, 1.165) is 16.7 Å².